The fourth-order valence-electron chi connectivity index (χ4n) is 1.72. The summed E-state index contributed by atoms with van der Waals surface area (Å²) in [6.07, 6.45) is -3.52. The molecule has 0 radical (unpaired) electrons. The van der Waals surface area contributed by atoms with Crippen molar-refractivity contribution >= 4 is 0 Å². The van der Waals surface area contributed by atoms with Gasteiger partial charge in [-0.3, -0.25) is 0 Å². The van der Waals surface area contributed by atoms with Crippen LogP contribution in [0.2, 0.25) is 0 Å². The van der Waals surface area contributed by atoms with Gasteiger partial charge in [0.2, 0.25) is 0 Å². The number of benzene rings is 1. The third-order valence-corrected chi connectivity index (χ3v) is 3.18. The number of methoxy groups -OCH3 is 1. The Bertz CT molecular complexity index is 404. The van der Waals surface area contributed by atoms with E-state index < -0.39 is 11.7 Å². The molecule has 18 heavy (non-hydrogen) atoms. The molecule has 0 aromatic heterocycles. The minimum Gasteiger partial charge on any atom is -0.496 e. The van der Waals surface area contributed by atoms with Crippen molar-refractivity contribution in [2.45, 2.75) is 32.5 Å². The first kappa shape index (κ1) is 14.8. The maximum Gasteiger partial charge on any atom is 0.416 e. The van der Waals surface area contributed by atoms with Crippen molar-refractivity contribution in [1.29, 1.82) is 0 Å². The minimum atomic E-state index is -4.37. The number of alkyl halides is 3. The molecule has 0 aliphatic rings. The van der Waals surface area contributed by atoms with Gasteiger partial charge in [-0.1, -0.05) is 26.3 Å². The van der Waals surface area contributed by atoms with Crippen LogP contribution in [0.1, 0.15) is 37.4 Å². The fourth-order valence-corrected chi connectivity index (χ4v) is 1.72. The molecule has 0 amide bonds. The van der Waals surface area contributed by atoms with Gasteiger partial charge >= 0.3 is 6.18 Å². The molecule has 1 rings (SSSR count). The van der Waals surface area contributed by atoms with E-state index in [0.29, 0.717) is 5.56 Å². The summed E-state index contributed by atoms with van der Waals surface area (Å²) >= 11 is 0. The van der Waals surface area contributed by atoms with Gasteiger partial charge < -0.3 is 10.5 Å². The Kier molecular flexibility index (Phi) is 4.62. The summed E-state index contributed by atoms with van der Waals surface area (Å²) in [5.74, 6) is 0.369. The lowest BCUT2D eigenvalue weighted by atomic mass is 9.92. The van der Waals surface area contributed by atoms with E-state index in [1.54, 1.807) is 0 Å². The molecule has 0 heterocycles. The van der Waals surface area contributed by atoms with E-state index in [1.165, 1.54) is 13.2 Å². The average Bonchev–Trinajstić information content (AvgIpc) is 2.35. The Hall–Kier alpha value is -1.23. The van der Waals surface area contributed by atoms with Crippen LogP contribution < -0.4 is 10.5 Å². The number of nitrogens with two attached hydrogens (primary N) is 1. The average molecular weight is 261 g/mol. The summed E-state index contributed by atoms with van der Waals surface area (Å²) < 4.78 is 42.7. The molecule has 0 spiro atoms. The molecule has 0 aliphatic carbocycles. The monoisotopic (exact) mass is 261 g/mol. The second kappa shape index (κ2) is 5.61. The van der Waals surface area contributed by atoms with E-state index in [1.807, 2.05) is 13.8 Å². The first-order chi connectivity index (χ1) is 8.31. The molecule has 5 heteroatoms. The van der Waals surface area contributed by atoms with E-state index >= 15 is 0 Å². The van der Waals surface area contributed by atoms with Gasteiger partial charge in [0.15, 0.2) is 0 Å². The van der Waals surface area contributed by atoms with Crippen molar-refractivity contribution in [3.63, 3.8) is 0 Å². The molecule has 2 atom stereocenters. The summed E-state index contributed by atoms with van der Waals surface area (Å²) in [6, 6.07) is 3.11. The van der Waals surface area contributed by atoms with Gasteiger partial charge in [0, 0.05) is 11.6 Å². The Labute approximate surface area is 105 Å². The summed E-state index contributed by atoms with van der Waals surface area (Å²) in [5.41, 5.74) is 5.91. The Balaban J connectivity index is 3.15. The van der Waals surface area contributed by atoms with Gasteiger partial charge in [-0.05, 0) is 18.1 Å². The van der Waals surface area contributed by atoms with E-state index in [9.17, 15) is 13.2 Å². The molecule has 102 valence electrons. The third kappa shape index (κ3) is 3.16. The van der Waals surface area contributed by atoms with Crippen LogP contribution in [0.5, 0.6) is 5.75 Å². The Morgan fingerprint density at radius 3 is 2.39 bits per heavy atom. The zero-order valence-corrected chi connectivity index (χ0v) is 10.7. The van der Waals surface area contributed by atoms with Gasteiger partial charge in [0.25, 0.3) is 0 Å². The molecule has 1 aromatic rings. The van der Waals surface area contributed by atoms with Gasteiger partial charge in [-0.2, -0.15) is 13.2 Å². The number of rotatable bonds is 4. The van der Waals surface area contributed by atoms with E-state index in [2.05, 4.69) is 0 Å². The number of hydrogen-bond acceptors (Lipinski definition) is 2. The molecular formula is C13H18F3NO. The van der Waals surface area contributed by atoms with Crippen LogP contribution in [0.4, 0.5) is 13.2 Å². The second-order valence-corrected chi connectivity index (χ2v) is 4.37. The lowest BCUT2D eigenvalue weighted by molar-refractivity contribution is -0.137. The molecular weight excluding hydrogens is 243 g/mol. The summed E-state index contributed by atoms with van der Waals surface area (Å²) in [6.45, 7) is 3.95. The maximum atomic E-state index is 12.6. The SMILES string of the molecule is CCC(C)[C@H](N)c1ccc(C(F)(F)F)cc1OC. The summed E-state index contributed by atoms with van der Waals surface area (Å²) in [4.78, 5) is 0. The largest absolute Gasteiger partial charge is 0.496 e. The van der Waals surface area contributed by atoms with Crippen LogP contribution in [0.3, 0.4) is 0 Å². The van der Waals surface area contributed by atoms with Crippen LogP contribution in [0.25, 0.3) is 0 Å². The predicted octanol–water partition coefficient (Wildman–Crippen LogP) is 3.76. The van der Waals surface area contributed by atoms with E-state index in [0.717, 1.165) is 18.6 Å². The quantitative estimate of drug-likeness (QED) is 0.895. The van der Waals surface area contributed by atoms with Gasteiger partial charge in [0.05, 0.1) is 12.7 Å². The molecule has 0 aliphatic heterocycles. The highest BCUT2D eigenvalue weighted by Gasteiger charge is 2.32. The lowest BCUT2D eigenvalue weighted by Gasteiger charge is -2.22. The zero-order chi connectivity index (χ0) is 13.9. The smallest absolute Gasteiger partial charge is 0.416 e. The molecule has 1 aromatic carbocycles. The summed E-state index contributed by atoms with van der Waals surface area (Å²) in [5, 5.41) is 0. The normalized spacial score (nSPS) is 15.3. The lowest BCUT2D eigenvalue weighted by Crippen LogP contribution is -2.19. The highest BCUT2D eigenvalue weighted by Crippen LogP contribution is 2.36. The van der Waals surface area contributed by atoms with Crippen LogP contribution >= 0.6 is 0 Å². The molecule has 0 saturated carbocycles. The Morgan fingerprint density at radius 1 is 1.33 bits per heavy atom. The standard InChI is InChI=1S/C13H18F3NO/c1-4-8(2)12(17)10-6-5-9(13(14,15)16)7-11(10)18-3/h5-8,12H,4,17H2,1-3H3/t8?,12-/m0/s1. The van der Waals surface area contributed by atoms with E-state index in [4.69, 9.17) is 10.5 Å². The van der Waals surface area contributed by atoms with E-state index in [-0.39, 0.29) is 17.7 Å². The molecule has 2 nitrogen and oxygen atoms in total. The first-order valence-corrected chi connectivity index (χ1v) is 5.82. The molecule has 0 bridgehead atoms. The van der Waals surface area contributed by atoms with Crippen molar-refractivity contribution in [3.05, 3.63) is 29.3 Å². The number of hydrogen-bond donors (Lipinski definition) is 1. The van der Waals surface area contributed by atoms with Crippen LogP contribution in [-0.4, -0.2) is 7.11 Å². The van der Waals surface area contributed by atoms with Gasteiger partial charge in [-0.15, -0.1) is 0 Å². The first-order valence-electron chi connectivity index (χ1n) is 5.82. The van der Waals surface area contributed by atoms with Crippen molar-refractivity contribution in [1.82, 2.24) is 0 Å². The highest BCUT2D eigenvalue weighted by molar-refractivity contribution is 5.40. The molecule has 2 N–H and O–H groups in total. The topological polar surface area (TPSA) is 35.2 Å². The van der Waals surface area contributed by atoms with Crippen molar-refractivity contribution in [2.75, 3.05) is 7.11 Å². The fraction of sp³-hybridized carbons (Fsp3) is 0.538. The van der Waals surface area contributed by atoms with Crippen molar-refractivity contribution < 1.29 is 17.9 Å². The molecule has 0 saturated heterocycles. The van der Waals surface area contributed by atoms with Gasteiger partial charge in [0.1, 0.15) is 5.75 Å². The Morgan fingerprint density at radius 2 is 1.94 bits per heavy atom. The van der Waals surface area contributed by atoms with Crippen molar-refractivity contribution in [3.8, 4) is 5.75 Å². The minimum absolute atomic E-state index is 0.177. The molecule has 1 unspecified atom stereocenters. The third-order valence-electron chi connectivity index (χ3n) is 3.18. The second-order valence-electron chi connectivity index (χ2n) is 4.37. The number of ether oxygens (including phenoxy) is 1. The van der Waals surface area contributed by atoms with Crippen LogP contribution in [0, 0.1) is 5.92 Å². The number of halogens is 3. The van der Waals surface area contributed by atoms with Crippen molar-refractivity contribution in [2.24, 2.45) is 11.7 Å². The highest BCUT2D eigenvalue weighted by atomic mass is 19.4. The van der Waals surface area contributed by atoms with Crippen LogP contribution in [0.15, 0.2) is 18.2 Å². The summed E-state index contributed by atoms with van der Waals surface area (Å²) in [7, 11) is 1.35. The van der Waals surface area contributed by atoms with Gasteiger partial charge in [-0.25, -0.2) is 0 Å². The maximum absolute atomic E-state index is 12.6. The zero-order valence-electron chi connectivity index (χ0n) is 10.7. The van der Waals surface area contributed by atoms with Crippen LogP contribution in [-0.2, 0) is 6.18 Å². The predicted molar refractivity (Wildman–Crippen MR) is 64.4 cm³/mol. The molecule has 0 fully saturated rings.